The van der Waals surface area contributed by atoms with E-state index in [1.165, 1.54) is 51.4 Å². The second kappa shape index (κ2) is 61.6. The van der Waals surface area contributed by atoms with Crippen LogP contribution in [0, 0.1) is 0 Å². The zero-order valence-electron chi connectivity index (χ0n) is 48.0. The van der Waals surface area contributed by atoms with Gasteiger partial charge in [0, 0.05) is 19.3 Å². The summed E-state index contributed by atoms with van der Waals surface area (Å²) in [6.07, 6.45) is 89.6. The Balaban J connectivity index is 4.51. The number of allylic oxidation sites excluding steroid dienone is 26. The lowest BCUT2D eigenvalue weighted by Gasteiger charge is -2.18. The Kier molecular flexibility index (Phi) is 57.5. The SMILES string of the molecule is CC/C=C\C/C=C\C/C=C\C/C=C\C/C=C\C/C=C\CCC(=O)OC(COC(=O)CCCCCCC/C=C\C/C=C\C/C=C\CC)COC(=O)CCCCCCCCCCCC/C=C\C/C=C\C/C=C\C/C=C\CC. The van der Waals surface area contributed by atoms with Gasteiger partial charge in [-0.05, 0) is 128 Å². The van der Waals surface area contributed by atoms with Crippen LogP contribution in [-0.4, -0.2) is 37.2 Å². The molecule has 0 fully saturated rings. The van der Waals surface area contributed by atoms with Gasteiger partial charge in [-0.2, -0.15) is 0 Å². The number of carbonyl (C=O) groups excluding carboxylic acids is 3. The van der Waals surface area contributed by atoms with Crippen molar-refractivity contribution >= 4 is 17.9 Å². The van der Waals surface area contributed by atoms with Gasteiger partial charge in [-0.3, -0.25) is 14.4 Å². The summed E-state index contributed by atoms with van der Waals surface area (Å²) in [5.74, 6) is -1.03. The third kappa shape index (κ3) is 59.8. The van der Waals surface area contributed by atoms with Gasteiger partial charge in [-0.1, -0.05) is 249 Å². The lowest BCUT2D eigenvalue weighted by molar-refractivity contribution is -0.166. The highest BCUT2D eigenvalue weighted by Crippen LogP contribution is 2.14. The van der Waals surface area contributed by atoms with E-state index in [2.05, 4.69) is 167 Å². The molecule has 75 heavy (non-hydrogen) atoms. The van der Waals surface area contributed by atoms with Gasteiger partial charge < -0.3 is 14.2 Å². The highest BCUT2D eigenvalue weighted by atomic mass is 16.6. The molecule has 0 aliphatic heterocycles. The van der Waals surface area contributed by atoms with E-state index >= 15 is 0 Å². The van der Waals surface area contributed by atoms with Gasteiger partial charge in [0.25, 0.3) is 0 Å². The predicted molar refractivity (Wildman–Crippen MR) is 325 cm³/mol. The zero-order chi connectivity index (χ0) is 54.3. The summed E-state index contributed by atoms with van der Waals surface area (Å²) in [6, 6.07) is 0. The average Bonchev–Trinajstić information content (AvgIpc) is 3.41. The smallest absolute Gasteiger partial charge is 0.306 e. The maximum absolute atomic E-state index is 12.9. The molecule has 0 bridgehead atoms. The molecule has 0 aromatic carbocycles. The third-order valence-corrected chi connectivity index (χ3v) is 12.0. The molecule has 0 saturated heterocycles. The molecule has 6 nitrogen and oxygen atoms in total. The summed E-state index contributed by atoms with van der Waals surface area (Å²) in [5, 5.41) is 0. The first-order chi connectivity index (χ1) is 37.0. The molecular weight excluding hydrogens is 925 g/mol. The molecule has 0 N–H and O–H groups in total. The Morgan fingerprint density at radius 1 is 0.267 bits per heavy atom. The van der Waals surface area contributed by atoms with E-state index in [1.54, 1.807) is 0 Å². The number of unbranched alkanes of at least 4 members (excludes halogenated alkanes) is 15. The monoisotopic (exact) mass is 1030 g/mol. The minimum Gasteiger partial charge on any atom is -0.462 e. The van der Waals surface area contributed by atoms with Crippen molar-refractivity contribution < 1.29 is 28.6 Å². The van der Waals surface area contributed by atoms with Crippen molar-refractivity contribution in [3.8, 4) is 0 Å². The zero-order valence-corrected chi connectivity index (χ0v) is 48.0. The van der Waals surface area contributed by atoms with Crippen LogP contribution in [-0.2, 0) is 28.6 Å². The van der Waals surface area contributed by atoms with Gasteiger partial charge in [-0.25, -0.2) is 0 Å². The molecule has 0 aromatic heterocycles. The quantitative estimate of drug-likeness (QED) is 0.0261. The van der Waals surface area contributed by atoms with Crippen LogP contribution in [0.25, 0.3) is 0 Å². The van der Waals surface area contributed by atoms with Gasteiger partial charge in [0.1, 0.15) is 13.2 Å². The highest BCUT2D eigenvalue weighted by molar-refractivity contribution is 5.71. The van der Waals surface area contributed by atoms with Crippen LogP contribution in [0.1, 0.15) is 239 Å². The Labute approximate surface area is 460 Å². The molecule has 0 rings (SSSR count). The third-order valence-electron chi connectivity index (χ3n) is 12.0. The summed E-state index contributed by atoms with van der Waals surface area (Å²) in [5.41, 5.74) is 0. The number of hydrogen-bond acceptors (Lipinski definition) is 6. The van der Waals surface area contributed by atoms with Crippen molar-refractivity contribution in [2.24, 2.45) is 0 Å². The minimum absolute atomic E-state index is 0.123. The fraction of sp³-hybridized carbons (Fsp3) is 0.580. The topological polar surface area (TPSA) is 78.9 Å². The van der Waals surface area contributed by atoms with Crippen molar-refractivity contribution in [3.05, 3.63) is 158 Å². The molecule has 0 amide bonds. The van der Waals surface area contributed by atoms with Crippen LogP contribution in [0.2, 0.25) is 0 Å². The van der Waals surface area contributed by atoms with E-state index in [0.717, 1.165) is 141 Å². The van der Waals surface area contributed by atoms with Crippen LogP contribution < -0.4 is 0 Å². The Bertz CT molecular complexity index is 1710. The fourth-order valence-electron chi connectivity index (χ4n) is 7.65. The Hall–Kier alpha value is -4.97. The lowest BCUT2D eigenvalue weighted by atomic mass is 10.1. The number of ether oxygens (including phenoxy) is 3. The second-order valence-corrected chi connectivity index (χ2v) is 19.1. The van der Waals surface area contributed by atoms with E-state index < -0.39 is 12.1 Å². The van der Waals surface area contributed by atoms with E-state index in [4.69, 9.17) is 14.2 Å². The van der Waals surface area contributed by atoms with Gasteiger partial charge in [-0.15, -0.1) is 0 Å². The number of hydrogen-bond donors (Lipinski definition) is 0. The summed E-state index contributed by atoms with van der Waals surface area (Å²) < 4.78 is 16.8. The summed E-state index contributed by atoms with van der Waals surface area (Å²) in [6.45, 7) is 6.21. The molecule has 0 aromatic rings. The first-order valence-electron chi connectivity index (χ1n) is 30.0. The molecule has 0 aliphatic rings. The number of carbonyl (C=O) groups is 3. The van der Waals surface area contributed by atoms with E-state index in [1.807, 2.05) is 12.2 Å². The Morgan fingerprint density at radius 3 is 0.800 bits per heavy atom. The lowest BCUT2D eigenvalue weighted by Crippen LogP contribution is -2.30. The van der Waals surface area contributed by atoms with Crippen molar-refractivity contribution in [1.82, 2.24) is 0 Å². The van der Waals surface area contributed by atoms with E-state index in [9.17, 15) is 14.4 Å². The summed E-state index contributed by atoms with van der Waals surface area (Å²) >= 11 is 0. The van der Waals surface area contributed by atoms with Crippen molar-refractivity contribution in [1.29, 1.82) is 0 Å². The van der Waals surface area contributed by atoms with E-state index in [-0.39, 0.29) is 31.6 Å². The van der Waals surface area contributed by atoms with Crippen molar-refractivity contribution in [3.63, 3.8) is 0 Å². The molecule has 420 valence electrons. The Morgan fingerprint density at radius 2 is 0.507 bits per heavy atom. The normalized spacial score (nSPS) is 13.3. The van der Waals surface area contributed by atoms with Crippen molar-refractivity contribution in [2.75, 3.05) is 13.2 Å². The van der Waals surface area contributed by atoms with Crippen molar-refractivity contribution in [2.45, 2.75) is 245 Å². The minimum atomic E-state index is -0.836. The first kappa shape index (κ1) is 70.0. The van der Waals surface area contributed by atoms with Gasteiger partial charge in [0.05, 0.1) is 0 Å². The molecular formula is C69H108O6. The second-order valence-electron chi connectivity index (χ2n) is 19.1. The molecule has 0 spiro atoms. The summed E-state index contributed by atoms with van der Waals surface area (Å²) in [4.78, 5) is 38.2. The maximum Gasteiger partial charge on any atom is 0.306 e. The van der Waals surface area contributed by atoms with Gasteiger partial charge in [0.2, 0.25) is 0 Å². The molecule has 0 aliphatic carbocycles. The maximum atomic E-state index is 12.9. The van der Waals surface area contributed by atoms with Crippen LogP contribution in [0.5, 0.6) is 0 Å². The number of esters is 3. The first-order valence-corrected chi connectivity index (χ1v) is 30.0. The molecule has 0 heterocycles. The largest absolute Gasteiger partial charge is 0.462 e. The van der Waals surface area contributed by atoms with Crippen LogP contribution >= 0.6 is 0 Å². The molecule has 6 heteroatoms. The van der Waals surface area contributed by atoms with E-state index in [0.29, 0.717) is 19.3 Å². The molecule has 0 saturated carbocycles. The fourth-order valence-corrected chi connectivity index (χ4v) is 7.65. The molecule has 1 atom stereocenters. The average molecular weight is 1030 g/mol. The number of rotatable bonds is 52. The van der Waals surface area contributed by atoms with Crippen LogP contribution in [0.3, 0.4) is 0 Å². The highest BCUT2D eigenvalue weighted by Gasteiger charge is 2.19. The van der Waals surface area contributed by atoms with Crippen LogP contribution in [0.4, 0.5) is 0 Å². The standard InChI is InChI=1S/C69H108O6/c1-4-7-10-13-16-19-22-25-28-30-32-33-34-35-37-38-41-44-47-50-53-56-59-62-68(71)74-65-66(64-73-67(70)61-58-55-52-49-46-43-40-27-24-21-18-15-12-9-6-3)75-69(72)63-60-57-54-51-48-45-42-39-36-31-29-26-23-20-17-14-11-8-5-2/h7-12,16-21,25-29,32-33,36,39-40,45,48,54,57,66H,4-6,13-15,22-24,30-31,34-35,37-38,41-44,46-47,49-53,55-56,58-65H2,1-3H3/b10-7-,11-8-,12-9-,19-16-,20-17-,21-18-,28-25-,29-26-,33-32-,39-36-,40-27-,48-45-,57-54-. The molecule has 0 radical (unpaired) electrons. The van der Waals surface area contributed by atoms with Gasteiger partial charge >= 0.3 is 17.9 Å². The molecule has 1 unspecified atom stereocenters. The summed E-state index contributed by atoms with van der Waals surface area (Å²) in [7, 11) is 0. The van der Waals surface area contributed by atoms with Gasteiger partial charge in [0.15, 0.2) is 6.10 Å². The predicted octanol–water partition coefficient (Wildman–Crippen LogP) is 20.5. The van der Waals surface area contributed by atoms with Crippen LogP contribution in [0.15, 0.2) is 158 Å².